The summed E-state index contributed by atoms with van der Waals surface area (Å²) in [5.41, 5.74) is 4.65. The highest BCUT2D eigenvalue weighted by Crippen LogP contribution is 2.34. The molecule has 0 bridgehead atoms. The van der Waals surface area contributed by atoms with Crippen LogP contribution in [0, 0.1) is 11.8 Å². The molecule has 2 atom stereocenters. The van der Waals surface area contributed by atoms with Crippen molar-refractivity contribution in [3.8, 4) is 0 Å². The fourth-order valence-electron chi connectivity index (χ4n) is 3.36. The van der Waals surface area contributed by atoms with Crippen LogP contribution in [0.1, 0.15) is 44.9 Å². The van der Waals surface area contributed by atoms with Crippen LogP contribution < -0.4 is 11.1 Å². The molecule has 5 heteroatoms. The van der Waals surface area contributed by atoms with E-state index >= 15 is 0 Å². The molecule has 0 aliphatic heterocycles. The monoisotopic (exact) mass is 254 g/mol. The number of hydrogen-bond donors (Lipinski definition) is 3. The Morgan fingerprint density at radius 1 is 1.22 bits per heavy atom. The minimum Gasteiger partial charge on any atom is -0.480 e. The van der Waals surface area contributed by atoms with Gasteiger partial charge in [-0.3, -0.25) is 4.79 Å². The number of carboxylic acids is 1. The third-order valence-corrected chi connectivity index (χ3v) is 4.53. The maximum Gasteiger partial charge on any atom is 0.329 e. The number of amides is 1. The van der Waals surface area contributed by atoms with Crippen LogP contribution in [0.4, 0.5) is 0 Å². The molecular weight excluding hydrogens is 232 g/mol. The lowest BCUT2D eigenvalue weighted by Gasteiger charge is -2.28. The van der Waals surface area contributed by atoms with E-state index in [1.165, 1.54) is 0 Å². The summed E-state index contributed by atoms with van der Waals surface area (Å²) in [6.45, 7) is 0.512. The summed E-state index contributed by atoms with van der Waals surface area (Å²) >= 11 is 0. The van der Waals surface area contributed by atoms with Gasteiger partial charge in [-0.1, -0.05) is 19.3 Å². The molecule has 0 saturated heterocycles. The van der Waals surface area contributed by atoms with Crippen molar-refractivity contribution in [3.05, 3.63) is 0 Å². The zero-order valence-corrected chi connectivity index (χ0v) is 10.7. The molecule has 4 N–H and O–H groups in total. The van der Waals surface area contributed by atoms with Crippen LogP contribution in [0.5, 0.6) is 0 Å². The molecule has 2 aliphatic carbocycles. The van der Waals surface area contributed by atoms with Gasteiger partial charge in [0.2, 0.25) is 5.91 Å². The van der Waals surface area contributed by atoms with Crippen molar-refractivity contribution >= 4 is 11.9 Å². The highest BCUT2D eigenvalue weighted by molar-refractivity contribution is 5.88. The Bertz CT molecular complexity index is 337. The molecule has 0 heterocycles. The lowest BCUT2D eigenvalue weighted by Crippen LogP contribution is -2.54. The van der Waals surface area contributed by atoms with Gasteiger partial charge >= 0.3 is 5.97 Å². The molecule has 5 nitrogen and oxygen atoms in total. The Kier molecular flexibility index (Phi) is 3.90. The van der Waals surface area contributed by atoms with Crippen molar-refractivity contribution in [2.24, 2.45) is 17.6 Å². The third-order valence-electron chi connectivity index (χ3n) is 4.53. The molecule has 0 radical (unpaired) electrons. The highest BCUT2D eigenvalue weighted by atomic mass is 16.4. The highest BCUT2D eigenvalue weighted by Gasteiger charge is 2.44. The average molecular weight is 254 g/mol. The first kappa shape index (κ1) is 13.3. The van der Waals surface area contributed by atoms with Gasteiger partial charge in [0.25, 0.3) is 0 Å². The number of carboxylic acid groups (broad SMARTS) is 1. The molecule has 1 amide bonds. The number of hydrogen-bond acceptors (Lipinski definition) is 3. The van der Waals surface area contributed by atoms with E-state index in [0.717, 1.165) is 32.1 Å². The third kappa shape index (κ3) is 2.36. The zero-order chi connectivity index (χ0) is 13.2. The van der Waals surface area contributed by atoms with Gasteiger partial charge in [0.15, 0.2) is 0 Å². The van der Waals surface area contributed by atoms with Crippen LogP contribution in [0.2, 0.25) is 0 Å². The van der Waals surface area contributed by atoms with Crippen molar-refractivity contribution in [2.45, 2.75) is 50.5 Å². The van der Waals surface area contributed by atoms with Crippen molar-refractivity contribution < 1.29 is 14.7 Å². The topological polar surface area (TPSA) is 92.4 Å². The predicted molar refractivity (Wildman–Crippen MR) is 66.9 cm³/mol. The van der Waals surface area contributed by atoms with E-state index < -0.39 is 11.5 Å². The van der Waals surface area contributed by atoms with Crippen molar-refractivity contribution in [2.75, 3.05) is 6.54 Å². The number of nitrogens with one attached hydrogen (secondary N) is 1. The smallest absolute Gasteiger partial charge is 0.329 e. The molecule has 2 rings (SSSR count). The molecule has 2 unspecified atom stereocenters. The lowest BCUT2D eigenvalue weighted by atomic mass is 9.92. The van der Waals surface area contributed by atoms with Gasteiger partial charge in [-0.2, -0.15) is 0 Å². The summed E-state index contributed by atoms with van der Waals surface area (Å²) in [6.07, 6.45) is 5.68. The number of aliphatic carboxylic acids is 1. The largest absolute Gasteiger partial charge is 0.480 e. The van der Waals surface area contributed by atoms with Crippen LogP contribution in [-0.2, 0) is 9.59 Å². The standard InChI is InChI=1S/C13H22N2O3/c14-8-9-4-3-5-10(9)11(16)15-13(12(17)18)6-1-2-7-13/h9-10H,1-8,14H2,(H,15,16)(H,17,18). The summed E-state index contributed by atoms with van der Waals surface area (Å²) < 4.78 is 0. The number of rotatable bonds is 4. The fraction of sp³-hybridized carbons (Fsp3) is 0.846. The Hall–Kier alpha value is -1.10. The SMILES string of the molecule is NCC1CCCC1C(=O)NC1(C(=O)O)CCCC1. The van der Waals surface area contributed by atoms with Crippen LogP contribution in [0.25, 0.3) is 0 Å². The van der Waals surface area contributed by atoms with Gasteiger partial charge in [-0.05, 0) is 38.1 Å². The van der Waals surface area contributed by atoms with Gasteiger partial charge < -0.3 is 16.2 Å². The van der Waals surface area contributed by atoms with E-state index in [9.17, 15) is 14.7 Å². The molecule has 2 aliphatic rings. The molecule has 0 aromatic rings. The molecule has 2 fully saturated rings. The predicted octanol–water partition coefficient (Wildman–Crippen LogP) is 0.875. The first-order valence-corrected chi connectivity index (χ1v) is 6.84. The molecule has 0 aromatic heterocycles. The van der Waals surface area contributed by atoms with E-state index in [1.54, 1.807) is 0 Å². The summed E-state index contributed by atoms with van der Waals surface area (Å²) in [5, 5.41) is 12.1. The molecular formula is C13H22N2O3. The normalized spacial score (nSPS) is 30.3. The second-order valence-electron chi connectivity index (χ2n) is 5.62. The second kappa shape index (κ2) is 5.26. The Balaban J connectivity index is 2.03. The van der Waals surface area contributed by atoms with E-state index in [4.69, 9.17) is 5.73 Å². The van der Waals surface area contributed by atoms with Gasteiger partial charge in [0.05, 0.1) is 0 Å². The van der Waals surface area contributed by atoms with E-state index in [1.807, 2.05) is 0 Å². The molecule has 2 saturated carbocycles. The molecule has 0 spiro atoms. The van der Waals surface area contributed by atoms with Gasteiger partial charge in [-0.25, -0.2) is 4.79 Å². The lowest BCUT2D eigenvalue weighted by molar-refractivity contribution is -0.148. The zero-order valence-electron chi connectivity index (χ0n) is 10.7. The average Bonchev–Trinajstić information content (AvgIpc) is 2.97. The van der Waals surface area contributed by atoms with Gasteiger partial charge in [0, 0.05) is 5.92 Å². The minimum atomic E-state index is -1.02. The second-order valence-corrected chi connectivity index (χ2v) is 5.62. The maximum atomic E-state index is 12.3. The summed E-state index contributed by atoms with van der Waals surface area (Å²) in [7, 11) is 0. The Labute approximate surface area is 107 Å². The van der Waals surface area contributed by atoms with Gasteiger partial charge in [-0.15, -0.1) is 0 Å². The summed E-state index contributed by atoms with van der Waals surface area (Å²) in [5.74, 6) is -0.869. The van der Waals surface area contributed by atoms with Gasteiger partial charge in [0.1, 0.15) is 5.54 Å². The van der Waals surface area contributed by atoms with E-state index in [0.29, 0.717) is 19.4 Å². The number of carbonyl (C=O) groups is 2. The maximum absolute atomic E-state index is 12.3. The summed E-state index contributed by atoms with van der Waals surface area (Å²) in [4.78, 5) is 23.6. The molecule has 0 aromatic carbocycles. The quantitative estimate of drug-likeness (QED) is 0.694. The van der Waals surface area contributed by atoms with Crippen LogP contribution in [0.15, 0.2) is 0 Å². The Morgan fingerprint density at radius 3 is 2.44 bits per heavy atom. The van der Waals surface area contributed by atoms with Crippen LogP contribution >= 0.6 is 0 Å². The first-order valence-electron chi connectivity index (χ1n) is 6.84. The van der Waals surface area contributed by atoms with Crippen LogP contribution in [0.3, 0.4) is 0 Å². The van der Waals surface area contributed by atoms with E-state index in [-0.39, 0.29) is 17.7 Å². The fourth-order valence-corrected chi connectivity index (χ4v) is 3.36. The molecule has 102 valence electrons. The Morgan fingerprint density at radius 2 is 1.89 bits per heavy atom. The van der Waals surface area contributed by atoms with Crippen molar-refractivity contribution in [1.82, 2.24) is 5.32 Å². The minimum absolute atomic E-state index is 0.0909. The van der Waals surface area contributed by atoms with Crippen molar-refractivity contribution in [3.63, 3.8) is 0 Å². The summed E-state index contributed by atoms with van der Waals surface area (Å²) in [6, 6.07) is 0. The number of carbonyl (C=O) groups excluding carboxylic acids is 1. The number of nitrogens with two attached hydrogens (primary N) is 1. The van der Waals surface area contributed by atoms with Crippen LogP contribution in [-0.4, -0.2) is 29.1 Å². The first-order chi connectivity index (χ1) is 8.59. The van der Waals surface area contributed by atoms with Crippen molar-refractivity contribution in [1.29, 1.82) is 0 Å². The molecule has 18 heavy (non-hydrogen) atoms. The van der Waals surface area contributed by atoms with E-state index in [2.05, 4.69) is 5.32 Å².